The molecule has 0 amide bonds. The van der Waals surface area contributed by atoms with E-state index in [0.29, 0.717) is 0 Å². The van der Waals surface area contributed by atoms with Gasteiger partial charge in [-0.3, -0.25) is 0 Å². The second kappa shape index (κ2) is 7.50. The molecule has 2 aromatic heterocycles. The van der Waals surface area contributed by atoms with Crippen LogP contribution in [0.25, 0.3) is 16.9 Å². The van der Waals surface area contributed by atoms with Gasteiger partial charge < -0.3 is 14.8 Å². The Morgan fingerprint density at radius 3 is 2.71 bits per heavy atom. The lowest BCUT2D eigenvalue weighted by atomic mass is 10.1. The fraction of sp³-hybridized carbons (Fsp3) is 0.136. The number of benzene rings is 2. The number of rotatable bonds is 6. The molecule has 4 aromatic rings. The van der Waals surface area contributed by atoms with Gasteiger partial charge in [0.1, 0.15) is 0 Å². The first kappa shape index (κ1) is 17.0. The van der Waals surface area contributed by atoms with E-state index in [9.17, 15) is 0 Å². The first-order valence-electron chi connectivity index (χ1n) is 9.14. The van der Waals surface area contributed by atoms with E-state index in [4.69, 9.17) is 14.6 Å². The number of para-hydroxylation sites is 1. The molecule has 0 bridgehead atoms. The summed E-state index contributed by atoms with van der Waals surface area (Å²) in [4.78, 5) is 1.32. The lowest BCUT2D eigenvalue weighted by Gasteiger charge is -2.05. The molecular formula is C22H19N3O2S. The van der Waals surface area contributed by atoms with Gasteiger partial charge in [0.05, 0.1) is 11.4 Å². The summed E-state index contributed by atoms with van der Waals surface area (Å²) >= 11 is 1.76. The van der Waals surface area contributed by atoms with Gasteiger partial charge in [-0.2, -0.15) is 5.10 Å². The van der Waals surface area contributed by atoms with Gasteiger partial charge in [-0.05, 0) is 41.8 Å². The van der Waals surface area contributed by atoms with Crippen molar-refractivity contribution in [2.45, 2.75) is 13.1 Å². The maximum absolute atomic E-state index is 5.55. The van der Waals surface area contributed by atoms with Crippen molar-refractivity contribution in [2.24, 2.45) is 0 Å². The highest BCUT2D eigenvalue weighted by Gasteiger charge is 2.18. The zero-order valence-corrected chi connectivity index (χ0v) is 16.0. The normalized spacial score (nSPS) is 12.4. The van der Waals surface area contributed by atoms with Gasteiger partial charge >= 0.3 is 0 Å². The lowest BCUT2D eigenvalue weighted by molar-refractivity contribution is 0.174. The van der Waals surface area contributed by atoms with Gasteiger partial charge in [0, 0.05) is 35.3 Å². The second-order valence-corrected chi connectivity index (χ2v) is 7.57. The Morgan fingerprint density at radius 1 is 0.964 bits per heavy atom. The Bertz CT molecular complexity index is 1070. The topological polar surface area (TPSA) is 48.3 Å². The van der Waals surface area contributed by atoms with Gasteiger partial charge in [0.25, 0.3) is 0 Å². The molecule has 0 saturated heterocycles. The van der Waals surface area contributed by atoms with Crippen molar-refractivity contribution < 1.29 is 9.47 Å². The fourth-order valence-corrected chi connectivity index (χ4v) is 3.95. The van der Waals surface area contributed by atoms with Crippen LogP contribution in [-0.4, -0.2) is 16.6 Å². The molecule has 0 radical (unpaired) electrons. The smallest absolute Gasteiger partial charge is 0.231 e. The Balaban J connectivity index is 1.47. The summed E-state index contributed by atoms with van der Waals surface area (Å²) in [7, 11) is 0. The molecule has 140 valence electrons. The van der Waals surface area contributed by atoms with Crippen molar-refractivity contribution in [3.05, 3.63) is 82.7 Å². The van der Waals surface area contributed by atoms with Gasteiger partial charge in [-0.15, -0.1) is 11.3 Å². The number of hydrogen-bond acceptors (Lipinski definition) is 5. The molecule has 1 N–H and O–H groups in total. The van der Waals surface area contributed by atoms with Crippen molar-refractivity contribution >= 4 is 11.3 Å². The summed E-state index contributed by atoms with van der Waals surface area (Å²) < 4.78 is 12.9. The lowest BCUT2D eigenvalue weighted by Crippen LogP contribution is -2.11. The molecule has 0 saturated carbocycles. The van der Waals surface area contributed by atoms with Gasteiger partial charge in [0.15, 0.2) is 11.5 Å². The van der Waals surface area contributed by atoms with E-state index in [2.05, 4.69) is 41.2 Å². The van der Waals surface area contributed by atoms with Gasteiger partial charge in [-0.1, -0.05) is 24.3 Å². The quantitative estimate of drug-likeness (QED) is 0.523. The molecule has 5 rings (SSSR count). The summed E-state index contributed by atoms with van der Waals surface area (Å²) in [5.74, 6) is 1.55. The summed E-state index contributed by atoms with van der Waals surface area (Å²) in [5, 5.41) is 10.5. The number of fused-ring (bicyclic) bond motifs is 1. The number of hydrogen-bond donors (Lipinski definition) is 1. The molecule has 0 spiro atoms. The monoisotopic (exact) mass is 389 g/mol. The molecule has 1 aliphatic heterocycles. The summed E-state index contributed by atoms with van der Waals surface area (Å²) in [6.45, 7) is 1.84. The zero-order valence-electron chi connectivity index (χ0n) is 15.2. The highest BCUT2D eigenvalue weighted by atomic mass is 32.1. The molecular weight excluding hydrogens is 370 g/mol. The Morgan fingerprint density at radius 2 is 1.86 bits per heavy atom. The number of aromatic nitrogens is 2. The third-order valence-corrected chi connectivity index (χ3v) is 5.53. The molecule has 1 aliphatic rings. The van der Waals surface area contributed by atoms with Crippen LogP contribution >= 0.6 is 11.3 Å². The summed E-state index contributed by atoms with van der Waals surface area (Å²) in [6, 6.07) is 20.4. The predicted molar refractivity (Wildman–Crippen MR) is 110 cm³/mol. The van der Waals surface area contributed by atoms with Crippen LogP contribution in [0.2, 0.25) is 0 Å². The van der Waals surface area contributed by atoms with Crippen molar-refractivity contribution in [1.82, 2.24) is 15.1 Å². The standard InChI is InChI=1S/C22H19N3O2S/c1-2-5-18(6-3-1)25-14-17(12-23-13-19-7-4-10-28-19)22(24-25)16-8-9-20-21(11-16)27-15-26-20/h1-11,14,23H,12-13,15H2. The van der Waals surface area contributed by atoms with E-state index < -0.39 is 0 Å². The number of ether oxygens (including phenoxy) is 2. The van der Waals surface area contributed by atoms with Crippen molar-refractivity contribution in [3.8, 4) is 28.4 Å². The maximum Gasteiger partial charge on any atom is 0.231 e. The summed E-state index contributed by atoms with van der Waals surface area (Å²) in [5.41, 5.74) is 4.14. The van der Waals surface area contributed by atoms with Crippen LogP contribution in [0.4, 0.5) is 0 Å². The number of thiophene rings is 1. The third kappa shape index (κ3) is 3.40. The minimum absolute atomic E-state index is 0.270. The van der Waals surface area contributed by atoms with Crippen LogP contribution in [0.3, 0.4) is 0 Å². The molecule has 2 aromatic carbocycles. The van der Waals surface area contributed by atoms with Crippen LogP contribution < -0.4 is 14.8 Å². The largest absolute Gasteiger partial charge is 0.454 e. The van der Waals surface area contributed by atoms with E-state index in [1.54, 1.807) is 11.3 Å². The van der Waals surface area contributed by atoms with E-state index in [1.807, 2.05) is 41.1 Å². The van der Waals surface area contributed by atoms with E-state index in [0.717, 1.165) is 47.1 Å². The number of nitrogens with one attached hydrogen (secondary N) is 1. The van der Waals surface area contributed by atoms with E-state index in [1.165, 1.54) is 4.88 Å². The van der Waals surface area contributed by atoms with Crippen LogP contribution in [0.5, 0.6) is 11.5 Å². The first-order chi connectivity index (χ1) is 13.9. The SMILES string of the molecule is c1ccc(-n2cc(CNCc3cccs3)c(-c3ccc4c(c3)OCO4)n2)cc1. The van der Waals surface area contributed by atoms with E-state index >= 15 is 0 Å². The highest BCUT2D eigenvalue weighted by Crippen LogP contribution is 2.36. The molecule has 28 heavy (non-hydrogen) atoms. The Hall–Kier alpha value is -3.09. The highest BCUT2D eigenvalue weighted by molar-refractivity contribution is 7.09. The number of nitrogens with zero attached hydrogens (tertiary/aromatic N) is 2. The van der Waals surface area contributed by atoms with E-state index in [-0.39, 0.29) is 6.79 Å². The second-order valence-electron chi connectivity index (χ2n) is 6.53. The van der Waals surface area contributed by atoms with Crippen LogP contribution in [0, 0.1) is 0 Å². The van der Waals surface area contributed by atoms with Crippen LogP contribution in [-0.2, 0) is 13.1 Å². The third-order valence-electron chi connectivity index (χ3n) is 4.65. The molecule has 6 heteroatoms. The molecule has 0 unspecified atom stereocenters. The maximum atomic E-state index is 5.55. The van der Waals surface area contributed by atoms with Gasteiger partial charge in [0.2, 0.25) is 6.79 Å². The molecule has 3 heterocycles. The fourth-order valence-electron chi connectivity index (χ4n) is 3.27. The first-order valence-corrected chi connectivity index (χ1v) is 10.0. The van der Waals surface area contributed by atoms with Gasteiger partial charge in [-0.25, -0.2) is 4.68 Å². The molecule has 0 atom stereocenters. The van der Waals surface area contributed by atoms with Crippen molar-refractivity contribution in [2.75, 3.05) is 6.79 Å². The van der Waals surface area contributed by atoms with Crippen LogP contribution in [0.1, 0.15) is 10.4 Å². The zero-order chi connectivity index (χ0) is 18.8. The van der Waals surface area contributed by atoms with Crippen molar-refractivity contribution in [1.29, 1.82) is 0 Å². The average Bonchev–Trinajstić information content (AvgIpc) is 3.49. The van der Waals surface area contributed by atoms with Crippen molar-refractivity contribution in [3.63, 3.8) is 0 Å². The molecule has 0 fully saturated rings. The predicted octanol–water partition coefficient (Wildman–Crippen LogP) is 4.62. The average molecular weight is 389 g/mol. The minimum atomic E-state index is 0.270. The van der Waals surface area contributed by atoms with Crippen LogP contribution in [0.15, 0.2) is 72.2 Å². The molecule has 5 nitrogen and oxygen atoms in total. The minimum Gasteiger partial charge on any atom is -0.454 e. The summed E-state index contributed by atoms with van der Waals surface area (Å²) in [6.07, 6.45) is 2.09. The molecule has 0 aliphatic carbocycles. The Kier molecular flexibility index (Phi) is 4.56. The Labute approximate surface area is 167 Å².